The third-order valence-corrected chi connectivity index (χ3v) is 4.32. The van der Waals surface area contributed by atoms with Crippen molar-refractivity contribution in [1.82, 2.24) is 4.90 Å². The van der Waals surface area contributed by atoms with E-state index in [1.165, 1.54) is 4.90 Å². The third-order valence-electron chi connectivity index (χ3n) is 1.90. The molecular formula is C10H18N4O2S2. The molecule has 0 saturated heterocycles. The van der Waals surface area contributed by atoms with Crippen molar-refractivity contribution < 1.29 is 9.59 Å². The van der Waals surface area contributed by atoms with Gasteiger partial charge in [0.2, 0.25) is 0 Å². The van der Waals surface area contributed by atoms with Crippen LogP contribution in [0.3, 0.4) is 0 Å². The van der Waals surface area contributed by atoms with Gasteiger partial charge in [0.25, 0.3) is 11.8 Å². The number of hydrogen-bond donors (Lipinski definition) is 3. The smallest absolute Gasteiger partial charge is 0.264 e. The summed E-state index contributed by atoms with van der Waals surface area (Å²) in [7, 11) is 3.18. The Morgan fingerprint density at radius 2 is 1.44 bits per heavy atom. The predicted octanol–water partition coefficient (Wildman–Crippen LogP) is -0.373. The van der Waals surface area contributed by atoms with E-state index in [0.717, 1.165) is 5.75 Å². The summed E-state index contributed by atoms with van der Waals surface area (Å²) in [6, 6.07) is 0. The first kappa shape index (κ1) is 16.9. The summed E-state index contributed by atoms with van der Waals surface area (Å²) < 4.78 is 0. The SMILES string of the molecule is C=C(C(N)=O)N(CCSSCCN)C(=C)C(N)=O. The van der Waals surface area contributed by atoms with Gasteiger partial charge >= 0.3 is 0 Å². The fourth-order valence-electron chi connectivity index (χ4n) is 0.993. The Hall–Kier alpha value is -1.12. The lowest BCUT2D eigenvalue weighted by molar-refractivity contribution is -0.117. The summed E-state index contributed by atoms with van der Waals surface area (Å²) in [5.41, 5.74) is 15.6. The molecule has 0 aromatic carbocycles. The average molecular weight is 290 g/mol. The molecule has 8 heteroatoms. The second kappa shape index (κ2) is 8.90. The molecule has 0 aliphatic heterocycles. The van der Waals surface area contributed by atoms with E-state index in [-0.39, 0.29) is 11.4 Å². The van der Waals surface area contributed by atoms with E-state index < -0.39 is 11.8 Å². The number of primary amides is 2. The van der Waals surface area contributed by atoms with Crippen LogP contribution in [0.4, 0.5) is 0 Å². The van der Waals surface area contributed by atoms with Gasteiger partial charge in [0.05, 0.1) is 11.4 Å². The molecule has 0 saturated carbocycles. The van der Waals surface area contributed by atoms with Gasteiger partial charge < -0.3 is 22.1 Å². The van der Waals surface area contributed by atoms with Gasteiger partial charge in [-0.15, -0.1) is 0 Å². The molecule has 102 valence electrons. The van der Waals surface area contributed by atoms with Crippen molar-refractivity contribution >= 4 is 33.4 Å². The van der Waals surface area contributed by atoms with Gasteiger partial charge in [-0.05, 0) is 0 Å². The summed E-state index contributed by atoms with van der Waals surface area (Å²) >= 11 is 0. The molecule has 0 fully saturated rings. The summed E-state index contributed by atoms with van der Waals surface area (Å²) in [5.74, 6) is 0.0654. The van der Waals surface area contributed by atoms with Gasteiger partial charge in [0.1, 0.15) is 0 Å². The van der Waals surface area contributed by atoms with Crippen molar-refractivity contribution in [1.29, 1.82) is 0 Å². The molecule has 0 unspecified atom stereocenters. The number of carbonyl (C=O) groups excluding carboxylic acids is 2. The number of rotatable bonds is 10. The van der Waals surface area contributed by atoms with Crippen molar-refractivity contribution in [2.24, 2.45) is 17.2 Å². The first-order chi connectivity index (χ1) is 8.41. The van der Waals surface area contributed by atoms with E-state index >= 15 is 0 Å². The molecule has 6 N–H and O–H groups in total. The molecule has 0 aromatic rings. The van der Waals surface area contributed by atoms with Crippen LogP contribution in [-0.2, 0) is 9.59 Å². The van der Waals surface area contributed by atoms with Crippen LogP contribution in [0.1, 0.15) is 0 Å². The minimum absolute atomic E-state index is 0.00299. The highest BCUT2D eigenvalue weighted by Gasteiger charge is 2.18. The quantitative estimate of drug-likeness (QED) is 0.287. The maximum Gasteiger partial charge on any atom is 0.264 e. The molecule has 0 aliphatic carbocycles. The Bertz CT molecular complexity index is 321. The molecule has 6 nitrogen and oxygen atoms in total. The largest absolute Gasteiger partial charge is 0.364 e. The topological polar surface area (TPSA) is 115 Å². The molecule has 0 aliphatic rings. The van der Waals surface area contributed by atoms with Gasteiger partial charge in [-0.2, -0.15) is 0 Å². The molecule has 0 radical (unpaired) electrons. The van der Waals surface area contributed by atoms with Crippen molar-refractivity contribution in [3.8, 4) is 0 Å². The first-order valence-electron chi connectivity index (χ1n) is 5.11. The average Bonchev–Trinajstić information content (AvgIpc) is 2.32. The molecule has 18 heavy (non-hydrogen) atoms. The van der Waals surface area contributed by atoms with Crippen molar-refractivity contribution in [3.63, 3.8) is 0 Å². The molecule has 2 amide bonds. The lowest BCUT2D eigenvalue weighted by Crippen LogP contribution is -2.36. The fourth-order valence-corrected chi connectivity index (χ4v) is 2.80. The van der Waals surface area contributed by atoms with Crippen LogP contribution in [-0.4, -0.2) is 41.3 Å². The van der Waals surface area contributed by atoms with E-state index in [0.29, 0.717) is 18.8 Å². The molecule has 0 rings (SSSR count). The Kier molecular flexibility index (Phi) is 8.34. The fraction of sp³-hybridized carbons (Fsp3) is 0.400. The maximum atomic E-state index is 11.1. The monoisotopic (exact) mass is 290 g/mol. The summed E-state index contributed by atoms with van der Waals surface area (Å²) in [6.45, 7) is 8.02. The highest BCUT2D eigenvalue weighted by Crippen LogP contribution is 2.21. The minimum Gasteiger partial charge on any atom is -0.364 e. The first-order valence-corrected chi connectivity index (χ1v) is 7.60. The van der Waals surface area contributed by atoms with Gasteiger partial charge in [-0.1, -0.05) is 34.7 Å². The lowest BCUT2D eigenvalue weighted by atomic mass is 10.3. The molecule has 0 spiro atoms. The third kappa shape index (κ3) is 5.99. The Labute approximate surface area is 114 Å². The van der Waals surface area contributed by atoms with E-state index in [9.17, 15) is 9.59 Å². The van der Waals surface area contributed by atoms with Gasteiger partial charge in [0.15, 0.2) is 0 Å². The predicted molar refractivity (Wildman–Crippen MR) is 77.3 cm³/mol. The molecular weight excluding hydrogens is 272 g/mol. The van der Waals surface area contributed by atoms with Gasteiger partial charge in [-0.3, -0.25) is 9.59 Å². The van der Waals surface area contributed by atoms with Crippen LogP contribution in [0.2, 0.25) is 0 Å². The van der Waals surface area contributed by atoms with Gasteiger partial charge in [-0.25, -0.2) is 0 Å². The van der Waals surface area contributed by atoms with Crippen LogP contribution in [0.15, 0.2) is 24.6 Å². The normalized spacial score (nSPS) is 9.83. The zero-order chi connectivity index (χ0) is 14.1. The Balaban J connectivity index is 4.40. The highest BCUT2D eigenvalue weighted by atomic mass is 33.1. The van der Waals surface area contributed by atoms with E-state index in [1.54, 1.807) is 21.6 Å². The van der Waals surface area contributed by atoms with Crippen molar-refractivity contribution in [2.45, 2.75) is 0 Å². The van der Waals surface area contributed by atoms with Crippen LogP contribution in [0, 0.1) is 0 Å². The molecule has 0 bridgehead atoms. The van der Waals surface area contributed by atoms with Crippen LogP contribution in [0.25, 0.3) is 0 Å². The van der Waals surface area contributed by atoms with E-state index in [1.807, 2.05) is 0 Å². The zero-order valence-electron chi connectivity index (χ0n) is 10.1. The molecule has 0 heterocycles. The number of amides is 2. The summed E-state index contributed by atoms with van der Waals surface area (Å²) in [6.07, 6.45) is 0. The zero-order valence-corrected chi connectivity index (χ0v) is 11.7. The highest BCUT2D eigenvalue weighted by molar-refractivity contribution is 8.76. The number of carbonyl (C=O) groups is 2. The standard InChI is InChI=1S/C10H18N4O2S2/c1-7(9(12)15)14(8(2)10(13)16)4-6-18-17-5-3-11/h1-6,11H2,(H2,12,15)(H2,13,16). The Morgan fingerprint density at radius 1 is 1.00 bits per heavy atom. The molecule has 0 aromatic heterocycles. The summed E-state index contributed by atoms with van der Waals surface area (Å²) in [4.78, 5) is 23.5. The van der Waals surface area contributed by atoms with Gasteiger partial charge in [0, 0.05) is 24.6 Å². The molecule has 0 atom stereocenters. The van der Waals surface area contributed by atoms with Crippen molar-refractivity contribution in [3.05, 3.63) is 24.6 Å². The van der Waals surface area contributed by atoms with Crippen LogP contribution >= 0.6 is 21.6 Å². The van der Waals surface area contributed by atoms with Crippen LogP contribution in [0.5, 0.6) is 0 Å². The lowest BCUT2D eigenvalue weighted by Gasteiger charge is -2.24. The van der Waals surface area contributed by atoms with E-state index in [2.05, 4.69) is 13.2 Å². The van der Waals surface area contributed by atoms with Crippen LogP contribution < -0.4 is 17.2 Å². The van der Waals surface area contributed by atoms with Crippen molar-refractivity contribution in [2.75, 3.05) is 24.6 Å². The maximum absolute atomic E-state index is 11.1. The van der Waals surface area contributed by atoms with E-state index in [4.69, 9.17) is 17.2 Å². The Morgan fingerprint density at radius 3 is 1.83 bits per heavy atom. The second-order valence-electron chi connectivity index (χ2n) is 3.21. The summed E-state index contributed by atoms with van der Waals surface area (Å²) in [5, 5.41) is 0. The number of hydrogen-bond acceptors (Lipinski definition) is 6. The number of nitrogens with zero attached hydrogens (tertiary/aromatic N) is 1. The second-order valence-corrected chi connectivity index (χ2v) is 5.91. The minimum atomic E-state index is -0.711. The number of nitrogens with two attached hydrogens (primary N) is 3.